The van der Waals surface area contributed by atoms with E-state index in [-0.39, 0.29) is 17.3 Å². The highest BCUT2D eigenvalue weighted by molar-refractivity contribution is 7.17. The summed E-state index contributed by atoms with van der Waals surface area (Å²) in [7, 11) is 0. The van der Waals surface area contributed by atoms with Gasteiger partial charge in [0.15, 0.2) is 0 Å². The van der Waals surface area contributed by atoms with E-state index in [1.165, 1.54) is 34.3 Å². The summed E-state index contributed by atoms with van der Waals surface area (Å²) >= 11 is 1.53. The Kier molecular flexibility index (Phi) is 7.71. The number of anilines is 1. The highest BCUT2D eigenvalue weighted by Crippen LogP contribution is 2.38. The second-order valence-electron chi connectivity index (χ2n) is 9.10. The van der Waals surface area contributed by atoms with Crippen molar-refractivity contribution in [3.8, 4) is 0 Å². The number of ether oxygens (including phenoxy) is 1. The van der Waals surface area contributed by atoms with Crippen LogP contribution in [-0.2, 0) is 27.8 Å². The van der Waals surface area contributed by atoms with Crippen LogP contribution in [0.25, 0.3) is 6.08 Å². The Morgan fingerprint density at radius 2 is 1.81 bits per heavy atom. The monoisotopic (exact) mass is 439 g/mol. The number of carbonyl (C=O) groups is 2. The molecule has 31 heavy (non-hydrogen) atoms. The molecule has 0 spiro atoms. The van der Waals surface area contributed by atoms with Crippen LogP contribution in [0, 0.1) is 0 Å². The van der Waals surface area contributed by atoms with Gasteiger partial charge in [-0.3, -0.25) is 4.79 Å². The molecule has 4 nitrogen and oxygen atoms in total. The van der Waals surface area contributed by atoms with Crippen LogP contribution in [0.5, 0.6) is 0 Å². The molecule has 1 aromatic carbocycles. The number of fused-ring (bicyclic) bond motifs is 1. The average Bonchev–Trinajstić information content (AvgIpc) is 2.90. The van der Waals surface area contributed by atoms with Crippen molar-refractivity contribution in [1.82, 2.24) is 0 Å². The zero-order valence-electron chi connectivity index (χ0n) is 19.0. The molecule has 1 heterocycles. The van der Waals surface area contributed by atoms with E-state index in [0.717, 1.165) is 43.2 Å². The number of thiophene rings is 1. The molecule has 5 heteroatoms. The first-order valence-corrected chi connectivity index (χ1v) is 12.0. The second-order valence-corrected chi connectivity index (χ2v) is 10.2. The molecule has 0 aliphatic heterocycles. The molecule has 1 aliphatic carbocycles. The van der Waals surface area contributed by atoms with E-state index >= 15 is 0 Å². The number of hydrogen-bond acceptors (Lipinski definition) is 4. The van der Waals surface area contributed by atoms with Gasteiger partial charge in [-0.1, -0.05) is 58.4 Å². The fourth-order valence-electron chi connectivity index (χ4n) is 3.73. The van der Waals surface area contributed by atoms with Crippen molar-refractivity contribution in [1.29, 1.82) is 0 Å². The average molecular weight is 440 g/mol. The van der Waals surface area contributed by atoms with Gasteiger partial charge in [0.25, 0.3) is 0 Å². The zero-order valence-corrected chi connectivity index (χ0v) is 19.9. The minimum absolute atomic E-state index is 0.0968. The van der Waals surface area contributed by atoms with Gasteiger partial charge in [0.1, 0.15) is 5.00 Å². The summed E-state index contributed by atoms with van der Waals surface area (Å²) < 4.78 is 5.43. The van der Waals surface area contributed by atoms with Crippen LogP contribution in [-0.4, -0.2) is 18.5 Å². The zero-order chi connectivity index (χ0) is 22.4. The van der Waals surface area contributed by atoms with E-state index in [0.29, 0.717) is 17.2 Å². The Balaban J connectivity index is 1.77. The van der Waals surface area contributed by atoms with Gasteiger partial charge in [0.2, 0.25) is 5.91 Å². The van der Waals surface area contributed by atoms with Crippen LogP contribution in [0.15, 0.2) is 30.3 Å². The molecule has 3 rings (SSSR count). The Morgan fingerprint density at radius 3 is 2.48 bits per heavy atom. The van der Waals surface area contributed by atoms with Crippen molar-refractivity contribution in [2.75, 3.05) is 11.9 Å². The molecule has 0 bridgehead atoms. The lowest BCUT2D eigenvalue weighted by molar-refractivity contribution is -0.111. The standard InChI is InChI=1S/C26H33NO3S/c1-5-17-30-25(29)23-20-9-7-6-8-10-21(20)31-24(23)27-22(28)16-13-18-11-14-19(15-12-18)26(2,3)4/h11-16H,5-10,17H2,1-4H3,(H,27,28)/b16-13-. The van der Waals surface area contributed by atoms with Gasteiger partial charge in [0, 0.05) is 11.0 Å². The van der Waals surface area contributed by atoms with Crippen molar-refractivity contribution in [2.45, 2.75) is 71.6 Å². The number of nitrogens with one attached hydrogen (secondary N) is 1. The summed E-state index contributed by atoms with van der Waals surface area (Å²) in [5.74, 6) is -0.556. The van der Waals surface area contributed by atoms with Crippen LogP contribution in [0.4, 0.5) is 5.00 Å². The third-order valence-electron chi connectivity index (χ3n) is 5.50. The molecule has 1 aromatic heterocycles. The molecule has 1 N–H and O–H groups in total. The van der Waals surface area contributed by atoms with Crippen molar-refractivity contribution >= 4 is 34.3 Å². The fourth-order valence-corrected chi connectivity index (χ4v) is 5.01. The van der Waals surface area contributed by atoms with Gasteiger partial charge in [0.05, 0.1) is 12.2 Å². The molecule has 1 amide bonds. The van der Waals surface area contributed by atoms with E-state index < -0.39 is 0 Å². The van der Waals surface area contributed by atoms with Crippen molar-refractivity contribution in [2.24, 2.45) is 0 Å². The Bertz CT molecular complexity index is 948. The summed E-state index contributed by atoms with van der Waals surface area (Å²) in [5.41, 5.74) is 3.95. The number of rotatable bonds is 6. The predicted octanol–water partition coefficient (Wildman–Crippen LogP) is 6.53. The quantitative estimate of drug-likeness (QED) is 0.316. The summed E-state index contributed by atoms with van der Waals surface area (Å²) in [4.78, 5) is 26.6. The van der Waals surface area contributed by atoms with E-state index in [2.05, 4.69) is 38.2 Å². The molecule has 166 valence electrons. The third kappa shape index (κ3) is 6.07. The number of aryl methyl sites for hydroxylation is 1. The van der Waals surface area contributed by atoms with Gasteiger partial charge in [-0.2, -0.15) is 0 Å². The lowest BCUT2D eigenvalue weighted by Crippen LogP contribution is -2.13. The van der Waals surface area contributed by atoms with Crippen LogP contribution >= 0.6 is 11.3 Å². The maximum absolute atomic E-state index is 12.8. The molecule has 0 saturated carbocycles. The predicted molar refractivity (Wildman–Crippen MR) is 129 cm³/mol. The Hall–Kier alpha value is -2.40. The lowest BCUT2D eigenvalue weighted by atomic mass is 9.87. The number of carbonyl (C=O) groups excluding carboxylic acids is 2. The first-order chi connectivity index (χ1) is 14.8. The van der Waals surface area contributed by atoms with E-state index in [4.69, 9.17) is 4.74 Å². The van der Waals surface area contributed by atoms with Gasteiger partial charge < -0.3 is 10.1 Å². The highest BCUT2D eigenvalue weighted by Gasteiger charge is 2.26. The number of benzene rings is 1. The summed E-state index contributed by atoms with van der Waals surface area (Å²) in [6.07, 6.45) is 9.28. The number of amides is 1. The molecule has 0 atom stereocenters. The van der Waals surface area contributed by atoms with Crippen LogP contribution in [0.2, 0.25) is 0 Å². The molecule has 0 unspecified atom stereocenters. The summed E-state index contributed by atoms with van der Waals surface area (Å²) in [6, 6.07) is 8.22. The Labute approximate surface area is 189 Å². The largest absolute Gasteiger partial charge is 0.462 e. The summed E-state index contributed by atoms with van der Waals surface area (Å²) in [6.45, 7) is 8.90. The third-order valence-corrected chi connectivity index (χ3v) is 6.71. The molecular weight excluding hydrogens is 406 g/mol. The topological polar surface area (TPSA) is 55.4 Å². The normalized spacial score (nSPS) is 14.2. The van der Waals surface area contributed by atoms with Crippen LogP contribution < -0.4 is 5.32 Å². The van der Waals surface area contributed by atoms with Crippen LogP contribution in [0.3, 0.4) is 0 Å². The highest BCUT2D eigenvalue weighted by atomic mass is 32.1. The SMILES string of the molecule is CCCOC(=O)c1c(NC(=O)/C=C\c2ccc(C(C)(C)C)cc2)sc2c1CCCCC2. The molecule has 1 aliphatic rings. The number of esters is 1. The Morgan fingerprint density at radius 1 is 1.10 bits per heavy atom. The first-order valence-electron chi connectivity index (χ1n) is 11.2. The van der Waals surface area contributed by atoms with Crippen LogP contribution in [0.1, 0.15) is 85.3 Å². The van der Waals surface area contributed by atoms with E-state index in [9.17, 15) is 9.59 Å². The number of hydrogen-bond donors (Lipinski definition) is 1. The summed E-state index contributed by atoms with van der Waals surface area (Å²) in [5, 5.41) is 3.56. The van der Waals surface area contributed by atoms with Gasteiger partial charge >= 0.3 is 5.97 Å². The molecule has 2 aromatic rings. The molecule has 0 fully saturated rings. The first kappa shape index (κ1) is 23.3. The fraction of sp³-hybridized carbons (Fsp3) is 0.462. The smallest absolute Gasteiger partial charge is 0.341 e. The van der Waals surface area contributed by atoms with Crippen molar-refractivity contribution < 1.29 is 14.3 Å². The minimum atomic E-state index is -0.321. The second kappa shape index (κ2) is 10.3. The van der Waals surface area contributed by atoms with Gasteiger partial charge in [-0.25, -0.2) is 4.79 Å². The molecule has 0 saturated heterocycles. The molecule has 0 radical (unpaired) electrons. The van der Waals surface area contributed by atoms with E-state index in [1.807, 2.05) is 19.1 Å². The lowest BCUT2D eigenvalue weighted by Gasteiger charge is -2.18. The van der Waals surface area contributed by atoms with E-state index in [1.54, 1.807) is 6.08 Å². The maximum atomic E-state index is 12.8. The van der Waals surface area contributed by atoms with Crippen molar-refractivity contribution in [3.63, 3.8) is 0 Å². The van der Waals surface area contributed by atoms with Crippen molar-refractivity contribution in [3.05, 3.63) is 57.5 Å². The van der Waals surface area contributed by atoms with Gasteiger partial charge in [-0.05, 0) is 60.3 Å². The molecular formula is C26H33NO3S. The maximum Gasteiger partial charge on any atom is 0.341 e. The van der Waals surface area contributed by atoms with Gasteiger partial charge in [-0.15, -0.1) is 11.3 Å². The minimum Gasteiger partial charge on any atom is -0.462 e.